The molecule has 0 saturated heterocycles. The third-order valence-electron chi connectivity index (χ3n) is 3.62. The second-order valence-corrected chi connectivity index (χ2v) is 7.06. The van der Waals surface area contributed by atoms with Crippen molar-refractivity contribution in [2.45, 2.75) is 48.0 Å². The van der Waals surface area contributed by atoms with Crippen LogP contribution in [-0.2, 0) is 4.79 Å². The largest absolute Gasteiger partial charge is 0.388 e. The number of benzene rings is 1. The van der Waals surface area contributed by atoms with Crippen molar-refractivity contribution in [3.63, 3.8) is 0 Å². The zero-order valence-corrected chi connectivity index (χ0v) is 20.7. The number of amides is 1. The standard InChI is InChI=1S/C14H25N3OS.C8H11N.C2H6/c1-5-8-12(3)14(17-19-11-6-2)16-10-7-9-15-13(4)18;1-7-3-5-8(9-2)6-4-7;1-2/h5-6,8,12H,2,7,9-11H2,1,3-4H3,(H,15,18)(H,16,17);3-6,9H,1-2H3;1-2H3/b8-5-;;. The van der Waals surface area contributed by atoms with Crippen molar-refractivity contribution < 1.29 is 4.79 Å². The molecule has 0 heterocycles. The second kappa shape index (κ2) is 21.5. The van der Waals surface area contributed by atoms with Crippen molar-refractivity contribution >= 4 is 29.4 Å². The van der Waals surface area contributed by atoms with Gasteiger partial charge in [-0.25, -0.2) is 0 Å². The van der Waals surface area contributed by atoms with Gasteiger partial charge in [0.2, 0.25) is 5.91 Å². The zero-order valence-electron chi connectivity index (χ0n) is 19.9. The first kappa shape index (κ1) is 30.0. The van der Waals surface area contributed by atoms with Gasteiger partial charge in [0.05, 0.1) is 0 Å². The van der Waals surface area contributed by atoms with E-state index in [-0.39, 0.29) is 11.8 Å². The van der Waals surface area contributed by atoms with Crippen molar-refractivity contribution in [2.24, 2.45) is 10.9 Å². The van der Waals surface area contributed by atoms with Crippen LogP contribution in [-0.4, -0.2) is 37.6 Å². The van der Waals surface area contributed by atoms with Crippen LogP contribution >= 0.6 is 11.9 Å². The topological polar surface area (TPSA) is 65.5 Å². The van der Waals surface area contributed by atoms with E-state index < -0.39 is 0 Å². The number of nitrogens with zero attached hydrogens (tertiary/aromatic N) is 1. The molecule has 170 valence electrons. The van der Waals surface area contributed by atoms with Gasteiger partial charge in [-0.3, -0.25) is 9.79 Å². The van der Waals surface area contributed by atoms with Gasteiger partial charge in [-0.15, -0.1) is 6.58 Å². The average Bonchev–Trinajstić information content (AvgIpc) is 2.74. The summed E-state index contributed by atoms with van der Waals surface area (Å²) in [5.74, 6) is 2.08. The van der Waals surface area contributed by atoms with E-state index in [0.717, 1.165) is 18.0 Å². The molecule has 1 aromatic carbocycles. The summed E-state index contributed by atoms with van der Waals surface area (Å²) in [4.78, 5) is 15.3. The maximum Gasteiger partial charge on any atom is 0.216 e. The summed E-state index contributed by atoms with van der Waals surface area (Å²) in [6.07, 6.45) is 6.83. The Kier molecular flexibility index (Phi) is 21.5. The molecule has 3 N–H and O–H groups in total. The van der Waals surface area contributed by atoms with Crippen LogP contribution in [0.25, 0.3) is 0 Å². The Morgan fingerprint density at radius 1 is 1.27 bits per heavy atom. The lowest BCUT2D eigenvalue weighted by atomic mass is 10.1. The summed E-state index contributed by atoms with van der Waals surface area (Å²) in [7, 11) is 1.92. The van der Waals surface area contributed by atoms with Gasteiger partial charge in [0.1, 0.15) is 5.84 Å². The van der Waals surface area contributed by atoms with Crippen molar-refractivity contribution in [3.05, 3.63) is 54.6 Å². The molecule has 5 nitrogen and oxygen atoms in total. The predicted octanol–water partition coefficient (Wildman–Crippen LogP) is 5.61. The van der Waals surface area contributed by atoms with Gasteiger partial charge >= 0.3 is 0 Å². The van der Waals surface area contributed by atoms with Crippen molar-refractivity contribution in [3.8, 4) is 0 Å². The summed E-state index contributed by atoms with van der Waals surface area (Å²) in [5, 5.41) is 5.82. The van der Waals surface area contributed by atoms with E-state index in [1.165, 1.54) is 18.2 Å². The summed E-state index contributed by atoms with van der Waals surface area (Å²) in [5.41, 5.74) is 2.47. The van der Waals surface area contributed by atoms with E-state index in [1.807, 2.05) is 40.0 Å². The summed E-state index contributed by atoms with van der Waals surface area (Å²) >= 11 is 1.58. The Balaban J connectivity index is 0. The lowest BCUT2D eigenvalue weighted by Crippen LogP contribution is -2.25. The molecule has 0 spiro atoms. The maximum atomic E-state index is 10.7. The number of carbonyl (C=O) groups is 1. The van der Waals surface area contributed by atoms with Crippen LogP contribution in [0, 0.1) is 12.8 Å². The number of nitrogens with one attached hydrogen (secondary N) is 3. The average molecular weight is 435 g/mol. The molecule has 6 heteroatoms. The molecular formula is C24H42N4OS. The Hall–Kier alpha value is -2.21. The first-order chi connectivity index (χ1) is 14.4. The third-order valence-corrected chi connectivity index (χ3v) is 4.38. The second-order valence-electron chi connectivity index (χ2n) is 6.24. The fraction of sp³-hybridized carbons (Fsp3) is 0.500. The highest BCUT2D eigenvalue weighted by Gasteiger charge is 2.06. The Labute approximate surface area is 189 Å². The highest BCUT2D eigenvalue weighted by atomic mass is 32.2. The molecule has 1 amide bonds. The molecule has 30 heavy (non-hydrogen) atoms. The molecule has 0 fully saturated rings. The SMILES string of the molecule is C=CCSNC(=NCCCNC(C)=O)C(C)/C=C\C.CC.CNc1ccc(C)cc1. The van der Waals surface area contributed by atoms with E-state index in [0.29, 0.717) is 13.1 Å². The molecule has 0 aliphatic rings. The van der Waals surface area contributed by atoms with Gasteiger partial charge in [-0.05, 0) is 44.3 Å². The number of hydrogen-bond acceptors (Lipinski definition) is 4. The first-order valence-corrected chi connectivity index (χ1v) is 11.6. The number of allylic oxidation sites excluding steroid dienone is 1. The molecule has 1 aromatic rings. The minimum atomic E-state index is 0.00570. The van der Waals surface area contributed by atoms with Gasteiger partial charge in [0.25, 0.3) is 0 Å². The third kappa shape index (κ3) is 17.9. The van der Waals surface area contributed by atoms with Crippen LogP contribution in [0.2, 0.25) is 0 Å². The first-order valence-electron chi connectivity index (χ1n) is 10.6. The number of amidine groups is 1. The summed E-state index contributed by atoms with van der Waals surface area (Å²) in [6, 6.07) is 8.31. The molecule has 1 rings (SSSR count). The molecule has 0 aromatic heterocycles. The van der Waals surface area contributed by atoms with Crippen LogP contribution in [0.5, 0.6) is 0 Å². The van der Waals surface area contributed by atoms with Crippen molar-refractivity contribution in [1.29, 1.82) is 0 Å². The van der Waals surface area contributed by atoms with E-state index in [1.54, 1.807) is 11.9 Å². The van der Waals surface area contributed by atoms with Gasteiger partial charge < -0.3 is 15.4 Å². The molecule has 0 saturated carbocycles. The quantitative estimate of drug-likeness (QED) is 0.147. The number of anilines is 1. The number of aryl methyl sites for hydroxylation is 1. The number of aliphatic imine (C=N–C) groups is 1. The fourth-order valence-electron chi connectivity index (χ4n) is 2.09. The molecule has 0 radical (unpaired) electrons. The van der Waals surface area contributed by atoms with Gasteiger partial charge in [-0.2, -0.15) is 0 Å². The van der Waals surface area contributed by atoms with Crippen molar-refractivity contribution in [1.82, 2.24) is 10.0 Å². The highest BCUT2D eigenvalue weighted by Crippen LogP contribution is 2.06. The van der Waals surface area contributed by atoms with Crippen molar-refractivity contribution in [2.75, 3.05) is 31.2 Å². The Morgan fingerprint density at radius 2 is 1.90 bits per heavy atom. The normalized spacial score (nSPS) is 11.4. The number of rotatable bonds is 10. The lowest BCUT2D eigenvalue weighted by Gasteiger charge is -2.13. The number of hydrogen-bond donors (Lipinski definition) is 3. The Bertz CT molecular complexity index is 612. The van der Waals surface area contributed by atoms with Crippen LogP contribution < -0.4 is 15.4 Å². The van der Waals surface area contributed by atoms with Crippen LogP contribution in [0.1, 0.15) is 46.6 Å². The monoisotopic (exact) mass is 434 g/mol. The zero-order chi connectivity index (χ0) is 23.2. The van der Waals surface area contributed by atoms with Crippen LogP contribution in [0.3, 0.4) is 0 Å². The summed E-state index contributed by atoms with van der Waals surface area (Å²) < 4.78 is 3.26. The highest BCUT2D eigenvalue weighted by molar-refractivity contribution is 7.98. The maximum absolute atomic E-state index is 10.7. The number of carbonyl (C=O) groups excluding carboxylic acids is 1. The molecule has 0 aliphatic heterocycles. The predicted molar refractivity (Wildman–Crippen MR) is 137 cm³/mol. The van der Waals surface area contributed by atoms with Gasteiger partial charge in [-0.1, -0.05) is 56.7 Å². The van der Waals surface area contributed by atoms with Gasteiger partial charge in [0, 0.05) is 44.4 Å². The fourth-order valence-corrected chi connectivity index (χ4v) is 2.69. The molecular weight excluding hydrogens is 392 g/mol. The van der Waals surface area contributed by atoms with E-state index in [9.17, 15) is 4.79 Å². The van der Waals surface area contributed by atoms with E-state index in [4.69, 9.17) is 0 Å². The molecule has 1 unspecified atom stereocenters. The summed E-state index contributed by atoms with van der Waals surface area (Å²) in [6.45, 7) is 16.8. The lowest BCUT2D eigenvalue weighted by molar-refractivity contribution is -0.118. The van der Waals surface area contributed by atoms with Gasteiger partial charge in [0.15, 0.2) is 0 Å². The minimum absolute atomic E-state index is 0.00570. The van der Waals surface area contributed by atoms with E-state index >= 15 is 0 Å². The van der Waals surface area contributed by atoms with E-state index in [2.05, 4.69) is 71.1 Å². The van der Waals surface area contributed by atoms with Crippen LogP contribution in [0.4, 0.5) is 5.69 Å². The Morgan fingerprint density at radius 3 is 2.40 bits per heavy atom. The van der Waals surface area contributed by atoms with Crippen LogP contribution in [0.15, 0.2) is 54.1 Å². The molecule has 0 bridgehead atoms. The minimum Gasteiger partial charge on any atom is -0.388 e. The molecule has 1 atom stereocenters. The molecule has 0 aliphatic carbocycles. The smallest absolute Gasteiger partial charge is 0.216 e.